The normalized spacial score (nSPS) is 16.1. The molecule has 194 valence electrons. The average molecular weight is 529 g/mol. The van der Waals surface area contributed by atoms with E-state index in [-0.39, 0.29) is 6.17 Å². The lowest BCUT2D eigenvalue weighted by molar-refractivity contribution is 0.427. The average Bonchev–Trinajstić information content (AvgIpc) is 3.73. The van der Waals surface area contributed by atoms with Crippen LogP contribution in [0.4, 0.5) is 0 Å². The molecule has 0 amide bonds. The van der Waals surface area contributed by atoms with Crippen LogP contribution in [0.1, 0.15) is 5.56 Å². The summed E-state index contributed by atoms with van der Waals surface area (Å²) < 4.78 is 12.9. The van der Waals surface area contributed by atoms with E-state index in [0.29, 0.717) is 0 Å². The SMILES string of the molecule is C1=CC2NC(c3ccc(-c4ccc(-c5c6oc7ccccc7c6cc6c5oc5ccccc56)cc4)cc3)=CN2C=C1. The predicted octanol–water partition coefficient (Wildman–Crippen LogP) is 9.43. The number of nitrogens with zero attached hydrogens (tertiary/aromatic N) is 1. The first-order valence-corrected chi connectivity index (χ1v) is 13.9. The van der Waals surface area contributed by atoms with E-state index in [0.717, 1.165) is 66.3 Å². The predicted molar refractivity (Wildman–Crippen MR) is 167 cm³/mol. The second-order valence-electron chi connectivity index (χ2n) is 10.7. The van der Waals surface area contributed by atoms with Gasteiger partial charge in [-0.05, 0) is 52.6 Å². The first kappa shape index (κ1) is 22.3. The van der Waals surface area contributed by atoms with Crippen molar-refractivity contribution in [2.45, 2.75) is 6.17 Å². The van der Waals surface area contributed by atoms with Crippen molar-refractivity contribution in [3.8, 4) is 22.3 Å². The van der Waals surface area contributed by atoms with E-state index in [1.54, 1.807) is 0 Å². The molecule has 0 saturated carbocycles. The fourth-order valence-electron chi connectivity index (χ4n) is 6.23. The maximum absolute atomic E-state index is 6.47. The van der Waals surface area contributed by atoms with Crippen LogP contribution in [-0.2, 0) is 0 Å². The highest BCUT2D eigenvalue weighted by Crippen LogP contribution is 2.44. The highest BCUT2D eigenvalue weighted by molar-refractivity contribution is 6.21. The van der Waals surface area contributed by atoms with E-state index in [4.69, 9.17) is 8.83 Å². The molecule has 0 saturated heterocycles. The largest absolute Gasteiger partial charge is 0.455 e. The fraction of sp³-hybridized carbons (Fsp3) is 0.0270. The van der Waals surface area contributed by atoms with Crippen LogP contribution in [0.5, 0.6) is 0 Å². The summed E-state index contributed by atoms with van der Waals surface area (Å²) in [5, 5.41) is 8.01. The Morgan fingerprint density at radius 2 is 1.12 bits per heavy atom. The lowest BCUT2D eigenvalue weighted by Crippen LogP contribution is -2.31. The van der Waals surface area contributed by atoms with Gasteiger partial charge in [-0.3, -0.25) is 0 Å². The minimum Gasteiger partial charge on any atom is -0.455 e. The maximum Gasteiger partial charge on any atom is 0.147 e. The fourth-order valence-corrected chi connectivity index (χ4v) is 6.23. The van der Waals surface area contributed by atoms with E-state index < -0.39 is 0 Å². The Balaban J connectivity index is 1.14. The highest BCUT2D eigenvalue weighted by atomic mass is 16.3. The number of fused-ring (bicyclic) bond motifs is 7. The Labute approximate surface area is 236 Å². The number of allylic oxidation sites excluding steroid dienone is 2. The smallest absolute Gasteiger partial charge is 0.147 e. The van der Waals surface area contributed by atoms with Crippen LogP contribution in [0.3, 0.4) is 0 Å². The van der Waals surface area contributed by atoms with Crippen molar-refractivity contribution >= 4 is 49.6 Å². The van der Waals surface area contributed by atoms with Crippen molar-refractivity contribution < 1.29 is 8.83 Å². The van der Waals surface area contributed by atoms with Crippen molar-refractivity contribution in [3.05, 3.63) is 139 Å². The Hall–Kier alpha value is -5.48. The quantitative estimate of drug-likeness (QED) is 0.248. The van der Waals surface area contributed by atoms with E-state index >= 15 is 0 Å². The minimum atomic E-state index is 0.191. The van der Waals surface area contributed by atoms with Crippen LogP contribution >= 0.6 is 0 Å². The molecule has 5 aromatic carbocycles. The van der Waals surface area contributed by atoms with Crippen LogP contribution in [0, 0.1) is 0 Å². The van der Waals surface area contributed by atoms with Crippen LogP contribution in [0.25, 0.3) is 71.8 Å². The Morgan fingerprint density at radius 3 is 1.73 bits per heavy atom. The van der Waals surface area contributed by atoms with Gasteiger partial charge in [-0.2, -0.15) is 0 Å². The zero-order valence-corrected chi connectivity index (χ0v) is 22.0. The van der Waals surface area contributed by atoms with Crippen LogP contribution in [0.15, 0.2) is 143 Å². The molecule has 9 rings (SSSR count). The summed E-state index contributed by atoms with van der Waals surface area (Å²) in [4.78, 5) is 2.18. The van der Waals surface area contributed by atoms with Gasteiger partial charge < -0.3 is 19.1 Å². The molecular weight excluding hydrogens is 504 g/mol. The number of benzene rings is 5. The zero-order chi connectivity index (χ0) is 26.9. The summed E-state index contributed by atoms with van der Waals surface area (Å²) in [5.74, 6) is 0. The number of hydrogen-bond donors (Lipinski definition) is 1. The molecule has 41 heavy (non-hydrogen) atoms. The Morgan fingerprint density at radius 1 is 0.561 bits per heavy atom. The number of furan rings is 2. The monoisotopic (exact) mass is 528 g/mol. The van der Waals surface area contributed by atoms with Gasteiger partial charge in [0.05, 0.1) is 11.3 Å². The van der Waals surface area contributed by atoms with Crippen molar-refractivity contribution in [2.24, 2.45) is 0 Å². The molecule has 4 heterocycles. The number of para-hydroxylation sites is 2. The summed E-state index contributed by atoms with van der Waals surface area (Å²) in [6.45, 7) is 0. The summed E-state index contributed by atoms with van der Waals surface area (Å²) in [5.41, 5.74) is 10.2. The molecule has 2 aliphatic heterocycles. The first-order chi connectivity index (χ1) is 20.3. The number of nitrogens with one attached hydrogen (secondary N) is 1. The Bertz CT molecular complexity index is 2140. The molecule has 4 nitrogen and oxygen atoms in total. The lowest BCUT2D eigenvalue weighted by atomic mass is 9.96. The van der Waals surface area contributed by atoms with Crippen LogP contribution in [0.2, 0.25) is 0 Å². The molecule has 0 fully saturated rings. The minimum absolute atomic E-state index is 0.191. The van der Waals surface area contributed by atoms with Gasteiger partial charge in [0.2, 0.25) is 0 Å². The van der Waals surface area contributed by atoms with E-state index in [9.17, 15) is 0 Å². The molecule has 0 aliphatic carbocycles. The third kappa shape index (κ3) is 3.41. The molecule has 4 heteroatoms. The summed E-state index contributed by atoms with van der Waals surface area (Å²) in [6.07, 6.45) is 10.7. The highest BCUT2D eigenvalue weighted by Gasteiger charge is 2.22. The van der Waals surface area contributed by atoms with Gasteiger partial charge >= 0.3 is 0 Å². The van der Waals surface area contributed by atoms with Crippen LogP contribution < -0.4 is 5.32 Å². The van der Waals surface area contributed by atoms with Gasteiger partial charge in [0.15, 0.2) is 0 Å². The molecule has 1 unspecified atom stereocenters. The standard InChI is InChI=1S/C37H24N2O2/c1-3-9-32-27(7-1)29-21-30-28-8-2-4-10-33(28)41-37(30)35(36(29)40-32)26-18-14-24(15-19-26)23-12-16-25(17-13-23)31-22-39-20-6-5-11-34(39)38-31/h1-22,34,38H. The lowest BCUT2D eigenvalue weighted by Gasteiger charge is -2.20. The topological polar surface area (TPSA) is 41.6 Å². The van der Waals surface area contributed by atoms with Gasteiger partial charge in [-0.25, -0.2) is 0 Å². The van der Waals surface area contributed by atoms with Gasteiger partial charge in [-0.1, -0.05) is 91.0 Å². The van der Waals surface area contributed by atoms with E-state index in [1.807, 2.05) is 24.3 Å². The van der Waals surface area contributed by atoms with Gasteiger partial charge in [0.1, 0.15) is 28.5 Å². The molecule has 0 spiro atoms. The number of hydrogen-bond acceptors (Lipinski definition) is 4. The van der Waals surface area contributed by atoms with Crippen molar-refractivity contribution in [1.82, 2.24) is 10.2 Å². The van der Waals surface area contributed by atoms with E-state index in [1.165, 1.54) is 11.1 Å². The second kappa shape index (κ2) is 8.51. The molecule has 7 aromatic rings. The van der Waals surface area contributed by atoms with Gasteiger partial charge in [0.25, 0.3) is 0 Å². The molecule has 2 aliphatic rings. The Kier molecular flexibility index (Phi) is 4.64. The molecule has 2 aromatic heterocycles. The summed E-state index contributed by atoms with van der Waals surface area (Å²) >= 11 is 0. The third-order valence-corrected chi connectivity index (χ3v) is 8.28. The van der Waals surface area contributed by atoms with Gasteiger partial charge in [0, 0.05) is 33.9 Å². The van der Waals surface area contributed by atoms with Crippen molar-refractivity contribution in [1.29, 1.82) is 0 Å². The molecule has 1 N–H and O–H groups in total. The van der Waals surface area contributed by atoms with Crippen molar-refractivity contribution in [2.75, 3.05) is 0 Å². The molecule has 0 bridgehead atoms. The zero-order valence-electron chi connectivity index (χ0n) is 22.0. The summed E-state index contributed by atoms with van der Waals surface area (Å²) in [6, 6.07) is 36.1. The maximum atomic E-state index is 6.47. The molecule has 1 atom stereocenters. The van der Waals surface area contributed by atoms with Gasteiger partial charge in [-0.15, -0.1) is 0 Å². The first-order valence-electron chi connectivity index (χ1n) is 13.9. The third-order valence-electron chi connectivity index (χ3n) is 8.28. The second-order valence-corrected chi connectivity index (χ2v) is 10.7. The van der Waals surface area contributed by atoms with Crippen molar-refractivity contribution in [3.63, 3.8) is 0 Å². The molecular formula is C37H24N2O2. The van der Waals surface area contributed by atoms with Crippen LogP contribution in [-0.4, -0.2) is 11.1 Å². The number of rotatable bonds is 3. The molecule has 0 radical (unpaired) electrons. The van der Waals surface area contributed by atoms with E-state index in [2.05, 4.69) is 120 Å². The summed E-state index contributed by atoms with van der Waals surface area (Å²) in [7, 11) is 0.